The zero-order valence-electron chi connectivity index (χ0n) is 12.5. The third-order valence-corrected chi connectivity index (χ3v) is 4.48. The van der Waals surface area contributed by atoms with E-state index in [4.69, 9.17) is 5.73 Å². The number of benzene rings is 1. The highest BCUT2D eigenvalue weighted by Gasteiger charge is 2.32. The third-order valence-electron chi connectivity index (χ3n) is 4.48. The van der Waals surface area contributed by atoms with Gasteiger partial charge in [-0.2, -0.15) is 0 Å². The van der Waals surface area contributed by atoms with Gasteiger partial charge < -0.3 is 10.6 Å². The molecule has 0 aromatic heterocycles. The van der Waals surface area contributed by atoms with Crippen LogP contribution >= 0.6 is 0 Å². The number of nitrogens with zero attached hydrogens (tertiary/aromatic N) is 1. The van der Waals surface area contributed by atoms with Crippen molar-refractivity contribution in [2.75, 3.05) is 18.8 Å². The summed E-state index contributed by atoms with van der Waals surface area (Å²) in [6.45, 7) is 5.86. The minimum Gasteiger partial charge on any atom is -0.398 e. The number of hydrogen-bond donors (Lipinski definition) is 1. The molecule has 0 saturated heterocycles. The van der Waals surface area contributed by atoms with Gasteiger partial charge in [-0.25, -0.2) is 0 Å². The summed E-state index contributed by atoms with van der Waals surface area (Å²) in [4.78, 5) is 14.9. The monoisotopic (exact) mass is 272 g/mol. The summed E-state index contributed by atoms with van der Waals surface area (Å²) in [7, 11) is 0. The molecule has 0 bridgehead atoms. The second kappa shape index (κ2) is 5.12. The van der Waals surface area contributed by atoms with Crippen molar-refractivity contribution in [1.29, 1.82) is 0 Å². The van der Waals surface area contributed by atoms with Gasteiger partial charge >= 0.3 is 0 Å². The maximum atomic E-state index is 12.8. The van der Waals surface area contributed by atoms with Crippen molar-refractivity contribution in [3.63, 3.8) is 0 Å². The first-order valence-corrected chi connectivity index (χ1v) is 7.70. The Bertz CT molecular complexity index is 516. The van der Waals surface area contributed by atoms with Crippen LogP contribution in [0.1, 0.15) is 47.2 Å². The highest BCUT2D eigenvalue weighted by Crippen LogP contribution is 2.34. The molecule has 20 heavy (non-hydrogen) atoms. The molecular formula is C17H24N2O. The Hall–Kier alpha value is -1.51. The van der Waals surface area contributed by atoms with Crippen LogP contribution in [-0.2, 0) is 0 Å². The predicted molar refractivity (Wildman–Crippen MR) is 81.7 cm³/mol. The van der Waals surface area contributed by atoms with Crippen molar-refractivity contribution in [3.05, 3.63) is 28.8 Å². The Labute approximate surface area is 121 Å². The number of anilines is 1. The molecule has 1 amide bonds. The van der Waals surface area contributed by atoms with E-state index in [1.165, 1.54) is 25.7 Å². The zero-order valence-corrected chi connectivity index (χ0v) is 12.5. The minimum absolute atomic E-state index is 0.174. The number of nitrogens with two attached hydrogens (primary N) is 1. The Kier molecular flexibility index (Phi) is 3.45. The lowest BCUT2D eigenvalue weighted by Gasteiger charge is -2.24. The Morgan fingerprint density at radius 3 is 2.15 bits per heavy atom. The van der Waals surface area contributed by atoms with E-state index in [9.17, 15) is 4.79 Å². The second-order valence-corrected chi connectivity index (χ2v) is 6.62. The molecule has 2 N–H and O–H groups in total. The van der Waals surface area contributed by atoms with Crippen molar-refractivity contribution in [3.8, 4) is 0 Å². The summed E-state index contributed by atoms with van der Waals surface area (Å²) >= 11 is 0. The molecule has 2 aliphatic rings. The van der Waals surface area contributed by atoms with Gasteiger partial charge in [0.05, 0.1) is 0 Å². The first-order valence-electron chi connectivity index (χ1n) is 7.70. The number of amides is 1. The van der Waals surface area contributed by atoms with E-state index < -0.39 is 0 Å². The first-order chi connectivity index (χ1) is 9.54. The van der Waals surface area contributed by atoms with E-state index in [0.717, 1.165) is 47.3 Å². The van der Waals surface area contributed by atoms with Gasteiger partial charge in [-0.3, -0.25) is 4.79 Å². The van der Waals surface area contributed by atoms with E-state index in [-0.39, 0.29) is 5.91 Å². The van der Waals surface area contributed by atoms with Crippen LogP contribution < -0.4 is 5.73 Å². The molecule has 0 atom stereocenters. The molecule has 3 nitrogen and oxygen atoms in total. The highest BCUT2D eigenvalue weighted by molar-refractivity contribution is 5.96. The number of rotatable bonds is 5. The van der Waals surface area contributed by atoms with Crippen molar-refractivity contribution in [2.45, 2.75) is 39.5 Å². The fourth-order valence-corrected chi connectivity index (χ4v) is 2.73. The van der Waals surface area contributed by atoms with E-state index >= 15 is 0 Å². The fraction of sp³-hybridized carbons (Fsp3) is 0.588. The fourth-order valence-electron chi connectivity index (χ4n) is 2.73. The highest BCUT2D eigenvalue weighted by atomic mass is 16.2. The first kappa shape index (κ1) is 13.5. The lowest BCUT2D eigenvalue weighted by atomic mass is 10.0. The topological polar surface area (TPSA) is 46.3 Å². The van der Waals surface area contributed by atoms with Gasteiger partial charge in [0.25, 0.3) is 5.91 Å². The quantitative estimate of drug-likeness (QED) is 0.837. The molecule has 108 valence electrons. The van der Waals surface area contributed by atoms with Gasteiger partial charge in [0.2, 0.25) is 0 Å². The molecule has 0 unspecified atom stereocenters. The molecule has 2 fully saturated rings. The number of nitrogen functional groups attached to an aromatic ring is 1. The number of aryl methyl sites for hydroxylation is 2. The maximum Gasteiger partial charge on any atom is 0.254 e. The summed E-state index contributed by atoms with van der Waals surface area (Å²) < 4.78 is 0. The van der Waals surface area contributed by atoms with Gasteiger partial charge in [0.15, 0.2) is 0 Å². The Morgan fingerprint density at radius 2 is 1.65 bits per heavy atom. The van der Waals surface area contributed by atoms with Crippen LogP contribution in [0.3, 0.4) is 0 Å². The largest absolute Gasteiger partial charge is 0.398 e. The van der Waals surface area contributed by atoms with Crippen LogP contribution in [-0.4, -0.2) is 23.9 Å². The van der Waals surface area contributed by atoms with Crippen LogP contribution in [0.5, 0.6) is 0 Å². The molecule has 0 aliphatic heterocycles. The summed E-state index contributed by atoms with van der Waals surface area (Å²) in [5.74, 6) is 1.65. The molecule has 1 aromatic carbocycles. The van der Waals surface area contributed by atoms with Gasteiger partial charge in [-0.15, -0.1) is 0 Å². The number of carbonyl (C=O) groups excluding carboxylic acids is 1. The predicted octanol–water partition coefficient (Wildman–Crippen LogP) is 3.15. The van der Waals surface area contributed by atoms with Crippen LogP contribution in [0.25, 0.3) is 0 Å². The van der Waals surface area contributed by atoms with Crippen molar-refractivity contribution in [1.82, 2.24) is 4.90 Å². The van der Waals surface area contributed by atoms with E-state index in [1.54, 1.807) is 0 Å². The summed E-state index contributed by atoms with van der Waals surface area (Å²) in [5, 5.41) is 0. The van der Waals surface area contributed by atoms with E-state index in [2.05, 4.69) is 4.90 Å². The van der Waals surface area contributed by atoms with Crippen molar-refractivity contribution < 1.29 is 4.79 Å². The van der Waals surface area contributed by atoms with Crippen LogP contribution in [0.15, 0.2) is 12.1 Å². The lowest BCUT2D eigenvalue weighted by Crippen LogP contribution is -2.35. The normalized spacial score (nSPS) is 18.1. The van der Waals surface area contributed by atoms with Gasteiger partial charge in [-0.1, -0.05) is 6.07 Å². The van der Waals surface area contributed by atoms with E-state index in [0.29, 0.717) is 0 Å². The Morgan fingerprint density at radius 1 is 1.10 bits per heavy atom. The maximum absolute atomic E-state index is 12.8. The molecule has 2 aliphatic carbocycles. The molecular weight excluding hydrogens is 248 g/mol. The molecule has 1 aromatic rings. The molecule has 0 radical (unpaired) electrons. The van der Waals surface area contributed by atoms with Crippen LogP contribution in [0, 0.1) is 25.7 Å². The second-order valence-electron chi connectivity index (χ2n) is 6.62. The average molecular weight is 272 g/mol. The van der Waals surface area contributed by atoms with Crippen LogP contribution in [0.2, 0.25) is 0 Å². The minimum atomic E-state index is 0.174. The van der Waals surface area contributed by atoms with Crippen LogP contribution in [0.4, 0.5) is 5.69 Å². The summed E-state index contributed by atoms with van der Waals surface area (Å²) in [6.07, 6.45) is 5.12. The van der Waals surface area contributed by atoms with Gasteiger partial charge in [0.1, 0.15) is 0 Å². The standard InChI is InChI=1S/C17H24N2O/c1-11-7-12(2)16(18)8-15(11)17(20)19(9-13-3-4-13)10-14-5-6-14/h7-8,13-14H,3-6,9-10,18H2,1-2H3. The third kappa shape index (κ3) is 2.97. The summed E-state index contributed by atoms with van der Waals surface area (Å²) in [5.41, 5.74) is 9.58. The Balaban J connectivity index is 1.81. The average Bonchev–Trinajstić information content (AvgIpc) is 3.27. The van der Waals surface area contributed by atoms with Crippen molar-refractivity contribution >= 4 is 11.6 Å². The number of hydrogen-bond acceptors (Lipinski definition) is 2. The van der Waals surface area contributed by atoms with Gasteiger partial charge in [-0.05, 0) is 68.6 Å². The molecule has 3 heteroatoms. The smallest absolute Gasteiger partial charge is 0.254 e. The van der Waals surface area contributed by atoms with Crippen molar-refractivity contribution in [2.24, 2.45) is 11.8 Å². The van der Waals surface area contributed by atoms with Gasteiger partial charge in [0, 0.05) is 24.3 Å². The van der Waals surface area contributed by atoms with E-state index in [1.807, 2.05) is 26.0 Å². The molecule has 0 heterocycles. The summed E-state index contributed by atoms with van der Waals surface area (Å²) in [6, 6.07) is 3.88. The lowest BCUT2D eigenvalue weighted by molar-refractivity contribution is 0.0739. The SMILES string of the molecule is Cc1cc(C)c(C(=O)N(CC2CC2)CC2CC2)cc1N. The zero-order chi connectivity index (χ0) is 14.3. The number of carbonyl (C=O) groups is 1. The molecule has 0 spiro atoms. The molecule has 3 rings (SSSR count). The molecule has 2 saturated carbocycles.